The number of nitrogens with two attached hydrogens (primary N) is 1. The zero-order valence-electron chi connectivity index (χ0n) is 17.1. The Kier molecular flexibility index (Phi) is 6.29. The highest BCUT2D eigenvalue weighted by Gasteiger charge is 2.17. The number of carbonyl (C=O) groups is 2. The van der Waals surface area contributed by atoms with Gasteiger partial charge in [-0.25, -0.2) is 14.4 Å². The lowest BCUT2D eigenvalue weighted by Crippen LogP contribution is -2.20. The molecule has 1 aromatic carbocycles. The highest BCUT2D eigenvalue weighted by Crippen LogP contribution is 2.33. The van der Waals surface area contributed by atoms with E-state index in [1.165, 1.54) is 32.5 Å². The SMILES string of the molecule is CNC(=O)c1cnc(Nc2cc(C)c(F)cn2)cc1Nc1cccc(C(N)=O)c1OC. The van der Waals surface area contributed by atoms with Crippen LogP contribution in [0.2, 0.25) is 0 Å². The third-order valence-corrected chi connectivity index (χ3v) is 4.43. The molecule has 0 saturated carbocycles. The van der Waals surface area contributed by atoms with Gasteiger partial charge in [0.2, 0.25) is 0 Å². The third-order valence-electron chi connectivity index (χ3n) is 4.43. The number of nitrogens with one attached hydrogen (secondary N) is 3. The lowest BCUT2D eigenvalue weighted by molar-refractivity contribution is 0.0961. The number of methoxy groups -OCH3 is 1. The number of hydrogen-bond donors (Lipinski definition) is 4. The van der Waals surface area contributed by atoms with Crippen LogP contribution in [0.1, 0.15) is 26.3 Å². The molecule has 0 bridgehead atoms. The fraction of sp³-hybridized carbons (Fsp3) is 0.143. The third kappa shape index (κ3) is 4.69. The second kappa shape index (κ2) is 9.08. The molecular weight excluding hydrogens is 403 g/mol. The van der Waals surface area contributed by atoms with Gasteiger partial charge in [-0.3, -0.25) is 9.59 Å². The van der Waals surface area contributed by atoms with Crippen molar-refractivity contribution in [1.82, 2.24) is 15.3 Å². The number of nitrogens with zero attached hydrogens (tertiary/aromatic N) is 2. The van der Waals surface area contributed by atoms with E-state index in [1.807, 2.05) is 0 Å². The summed E-state index contributed by atoms with van der Waals surface area (Å²) in [4.78, 5) is 32.3. The molecule has 0 atom stereocenters. The fourth-order valence-corrected chi connectivity index (χ4v) is 2.88. The molecule has 0 saturated heterocycles. The largest absolute Gasteiger partial charge is 0.494 e. The normalized spacial score (nSPS) is 10.3. The number of ether oxygens (including phenoxy) is 1. The quantitative estimate of drug-likeness (QED) is 0.459. The van der Waals surface area contributed by atoms with Crippen molar-refractivity contribution in [3.8, 4) is 5.75 Å². The average molecular weight is 424 g/mol. The number of para-hydroxylation sites is 1. The van der Waals surface area contributed by atoms with E-state index in [-0.39, 0.29) is 22.8 Å². The number of hydrogen-bond acceptors (Lipinski definition) is 7. The van der Waals surface area contributed by atoms with Crippen LogP contribution in [0.5, 0.6) is 5.75 Å². The number of anilines is 4. The maximum atomic E-state index is 13.5. The van der Waals surface area contributed by atoms with E-state index in [2.05, 4.69) is 25.9 Å². The Morgan fingerprint density at radius 2 is 1.74 bits per heavy atom. The van der Waals surface area contributed by atoms with Gasteiger partial charge < -0.3 is 26.4 Å². The molecule has 2 amide bonds. The molecule has 0 spiro atoms. The predicted octanol–water partition coefficient (Wildman–Crippen LogP) is 2.88. The van der Waals surface area contributed by atoms with Crippen LogP contribution in [0, 0.1) is 12.7 Å². The topological polar surface area (TPSA) is 131 Å². The number of aromatic nitrogens is 2. The maximum absolute atomic E-state index is 13.5. The summed E-state index contributed by atoms with van der Waals surface area (Å²) in [5, 5.41) is 8.62. The maximum Gasteiger partial charge on any atom is 0.254 e. The molecule has 3 rings (SSSR count). The summed E-state index contributed by atoms with van der Waals surface area (Å²) in [5.41, 5.74) is 7.09. The minimum atomic E-state index is -0.651. The van der Waals surface area contributed by atoms with E-state index in [4.69, 9.17) is 10.5 Å². The number of pyridine rings is 2. The standard InChI is InChI=1S/C21H21FN6O3/c1-11-7-17(26-10-14(11)22)28-18-8-16(13(9-25-18)21(30)24-2)27-15-6-4-5-12(20(23)29)19(15)31-3/h4-10H,1-3H3,(H2,23,29)(H,24,30)(H2,25,26,27,28). The van der Waals surface area contributed by atoms with Gasteiger partial charge in [-0.15, -0.1) is 0 Å². The summed E-state index contributed by atoms with van der Waals surface area (Å²) in [5.74, 6) is -0.460. The Bertz CT molecular complexity index is 1150. The Morgan fingerprint density at radius 3 is 2.39 bits per heavy atom. The molecular formula is C21H21FN6O3. The van der Waals surface area contributed by atoms with Gasteiger partial charge in [0.25, 0.3) is 11.8 Å². The van der Waals surface area contributed by atoms with Gasteiger partial charge >= 0.3 is 0 Å². The second-order valence-corrected chi connectivity index (χ2v) is 6.51. The first kappa shape index (κ1) is 21.5. The Labute approximate surface area is 177 Å². The highest BCUT2D eigenvalue weighted by molar-refractivity contribution is 6.02. The van der Waals surface area contributed by atoms with Crippen LogP contribution in [-0.2, 0) is 0 Å². The highest BCUT2D eigenvalue weighted by atomic mass is 19.1. The van der Waals surface area contributed by atoms with Gasteiger partial charge in [-0.05, 0) is 30.7 Å². The van der Waals surface area contributed by atoms with Gasteiger partial charge in [0.05, 0.1) is 35.8 Å². The first-order valence-corrected chi connectivity index (χ1v) is 9.19. The summed E-state index contributed by atoms with van der Waals surface area (Å²) >= 11 is 0. The number of rotatable bonds is 7. The van der Waals surface area contributed by atoms with E-state index in [0.717, 1.165) is 6.20 Å². The number of halogens is 1. The fourth-order valence-electron chi connectivity index (χ4n) is 2.88. The van der Waals surface area contributed by atoms with Crippen molar-refractivity contribution in [3.63, 3.8) is 0 Å². The number of carbonyl (C=O) groups excluding carboxylic acids is 2. The zero-order valence-corrected chi connectivity index (χ0v) is 17.1. The van der Waals surface area contributed by atoms with Gasteiger partial charge in [0, 0.05) is 19.3 Å². The Morgan fingerprint density at radius 1 is 1.03 bits per heavy atom. The van der Waals surface area contributed by atoms with Gasteiger partial charge in [0.15, 0.2) is 5.75 Å². The van der Waals surface area contributed by atoms with Crippen molar-refractivity contribution < 1.29 is 18.7 Å². The first-order chi connectivity index (χ1) is 14.8. The lowest BCUT2D eigenvalue weighted by atomic mass is 10.1. The van der Waals surface area contributed by atoms with E-state index in [1.54, 1.807) is 25.1 Å². The minimum absolute atomic E-state index is 0.187. The van der Waals surface area contributed by atoms with E-state index in [0.29, 0.717) is 28.6 Å². The zero-order chi connectivity index (χ0) is 22.5. The predicted molar refractivity (Wildman–Crippen MR) is 115 cm³/mol. The average Bonchev–Trinajstić information content (AvgIpc) is 2.75. The van der Waals surface area contributed by atoms with Crippen LogP contribution in [-0.4, -0.2) is 35.9 Å². The van der Waals surface area contributed by atoms with Crippen molar-refractivity contribution in [2.75, 3.05) is 24.8 Å². The smallest absolute Gasteiger partial charge is 0.254 e. The number of primary amides is 1. The molecule has 0 aliphatic rings. The van der Waals surface area contributed by atoms with Crippen LogP contribution < -0.4 is 26.4 Å². The molecule has 2 aromatic heterocycles. The molecule has 0 fully saturated rings. The van der Waals surface area contributed by atoms with E-state index >= 15 is 0 Å². The van der Waals surface area contributed by atoms with Crippen LogP contribution in [0.25, 0.3) is 0 Å². The Hall–Kier alpha value is -4.21. The molecule has 9 nitrogen and oxygen atoms in total. The second-order valence-electron chi connectivity index (χ2n) is 6.51. The van der Waals surface area contributed by atoms with Gasteiger partial charge in [-0.1, -0.05) is 6.07 Å². The van der Waals surface area contributed by atoms with E-state index < -0.39 is 11.7 Å². The van der Waals surface area contributed by atoms with Crippen molar-refractivity contribution >= 4 is 34.8 Å². The van der Waals surface area contributed by atoms with Crippen LogP contribution in [0.4, 0.5) is 27.4 Å². The summed E-state index contributed by atoms with van der Waals surface area (Å²) in [6.45, 7) is 1.62. The van der Waals surface area contributed by atoms with Crippen molar-refractivity contribution in [2.24, 2.45) is 5.73 Å². The van der Waals surface area contributed by atoms with Gasteiger partial charge in [-0.2, -0.15) is 0 Å². The van der Waals surface area contributed by atoms with Crippen LogP contribution >= 0.6 is 0 Å². The van der Waals surface area contributed by atoms with E-state index in [9.17, 15) is 14.0 Å². The molecule has 0 aliphatic heterocycles. The lowest BCUT2D eigenvalue weighted by Gasteiger charge is -2.16. The molecule has 0 radical (unpaired) electrons. The van der Waals surface area contributed by atoms with Gasteiger partial charge in [0.1, 0.15) is 17.5 Å². The number of aryl methyl sites for hydroxylation is 1. The van der Waals surface area contributed by atoms with Crippen molar-refractivity contribution in [3.05, 3.63) is 65.2 Å². The molecule has 31 heavy (non-hydrogen) atoms. The summed E-state index contributed by atoms with van der Waals surface area (Å²) in [7, 11) is 2.91. The minimum Gasteiger partial charge on any atom is -0.494 e. The molecule has 10 heteroatoms. The summed E-state index contributed by atoms with van der Waals surface area (Å²) in [6, 6.07) is 7.97. The van der Waals surface area contributed by atoms with Crippen LogP contribution in [0.15, 0.2) is 42.7 Å². The first-order valence-electron chi connectivity index (χ1n) is 9.19. The van der Waals surface area contributed by atoms with Crippen LogP contribution in [0.3, 0.4) is 0 Å². The Balaban J connectivity index is 2.02. The molecule has 0 unspecified atom stereocenters. The molecule has 5 N–H and O–H groups in total. The number of benzene rings is 1. The molecule has 3 aromatic rings. The molecule has 160 valence electrons. The summed E-state index contributed by atoms with van der Waals surface area (Å²) < 4.78 is 18.8. The molecule has 0 aliphatic carbocycles. The molecule has 2 heterocycles. The van der Waals surface area contributed by atoms with Crippen molar-refractivity contribution in [2.45, 2.75) is 6.92 Å². The monoisotopic (exact) mass is 424 g/mol. The summed E-state index contributed by atoms with van der Waals surface area (Å²) in [6.07, 6.45) is 2.49. The van der Waals surface area contributed by atoms with Crippen molar-refractivity contribution in [1.29, 1.82) is 0 Å². The number of amides is 2.